The van der Waals surface area contributed by atoms with Crippen LogP contribution in [0.15, 0.2) is 36.1 Å². The maximum atomic E-state index is 13.3. The highest BCUT2D eigenvalue weighted by Crippen LogP contribution is 2.46. The number of carbonyl (C=O) groups excluding carboxylic acids is 4. The number of esters is 1. The molecule has 7 nitrogen and oxygen atoms in total. The van der Waals surface area contributed by atoms with Gasteiger partial charge >= 0.3 is 5.97 Å². The zero-order chi connectivity index (χ0) is 25.5. The van der Waals surface area contributed by atoms with Gasteiger partial charge in [0.05, 0.1) is 11.1 Å². The highest BCUT2D eigenvalue weighted by Gasteiger charge is 2.47. The third kappa shape index (κ3) is 5.00. The summed E-state index contributed by atoms with van der Waals surface area (Å²) in [4.78, 5) is 52.8. The largest absolute Gasteiger partial charge is 0.454 e. The van der Waals surface area contributed by atoms with Gasteiger partial charge in [0.1, 0.15) is 6.04 Å². The van der Waals surface area contributed by atoms with Crippen LogP contribution in [0.5, 0.6) is 0 Å². The lowest BCUT2D eigenvalue weighted by Crippen LogP contribution is -2.49. The molecular weight excluding hydrogens is 727 g/mol. The summed E-state index contributed by atoms with van der Waals surface area (Å²) in [6.07, 6.45) is 0. The van der Waals surface area contributed by atoms with Gasteiger partial charge in [0.25, 0.3) is 17.7 Å². The lowest BCUT2D eigenvalue weighted by molar-refractivity contribution is -0.152. The van der Waals surface area contributed by atoms with Crippen molar-refractivity contribution in [2.24, 2.45) is 5.92 Å². The lowest BCUT2D eigenvalue weighted by atomic mass is 10.0. The molecule has 0 spiro atoms. The molecule has 0 bridgehead atoms. The number of fused-ring (bicyclic) bond motifs is 1. The van der Waals surface area contributed by atoms with Crippen molar-refractivity contribution in [2.45, 2.75) is 26.8 Å². The number of halogens is 5. The van der Waals surface area contributed by atoms with Crippen LogP contribution >= 0.6 is 75.3 Å². The van der Waals surface area contributed by atoms with E-state index in [0.717, 1.165) is 4.90 Å². The topological polar surface area (TPSA) is 92.8 Å². The van der Waals surface area contributed by atoms with E-state index >= 15 is 0 Å². The van der Waals surface area contributed by atoms with Crippen LogP contribution in [0.3, 0.4) is 0 Å². The van der Waals surface area contributed by atoms with E-state index in [2.05, 4.69) is 69.0 Å². The summed E-state index contributed by atoms with van der Waals surface area (Å²) < 4.78 is 7.05. The zero-order valence-electron chi connectivity index (χ0n) is 18.0. The minimum Gasteiger partial charge on any atom is -0.454 e. The molecule has 2 aromatic carbocycles. The fourth-order valence-electron chi connectivity index (χ4n) is 3.45. The molecule has 0 radical (unpaired) electrons. The number of carbonyl (C=O) groups is 4. The Labute approximate surface area is 234 Å². The van der Waals surface area contributed by atoms with Crippen LogP contribution in [0.2, 0.25) is 5.02 Å². The standard InChI is InChI=1S/C22H17Br4ClN2O5/c1-8(2)19(22(33)34-7-12(30)28-11-6-4-5-10(27)9(11)3)29-20(31)13-14(21(29)32)16(24)18(26)17(25)15(13)23/h4-6,8,19H,7H2,1-3H3,(H,28,30)/t19-/m0/s1. The molecule has 1 atom stereocenters. The van der Waals surface area contributed by atoms with Crippen LogP contribution < -0.4 is 5.32 Å². The minimum absolute atomic E-state index is 0.125. The Morgan fingerprint density at radius 2 is 1.53 bits per heavy atom. The van der Waals surface area contributed by atoms with E-state index in [0.29, 0.717) is 34.2 Å². The molecule has 0 unspecified atom stereocenters. The number of amides is 3. The van der Waals surface area contributed by atoms with Gasteiger partial charge in [-0.2, -0.15) is 0 Å². The molecule has 3 amide bonds. The summed E-state index contributed by atoms with van der Waals surface area (Å²) in [6.45, 7) is 4.51. The van der Waals surface area contributed by atoms with Gasteiger partial charge in [0.15, 0.2) is 6.61 Å². The van der Waals surface area contributed by atoms with Crippen LogP contribution in [-0.2, 0) is 14.3 Å². The van der Waals surface area contributed by atoms with Crippen molar-refractivity contribution in [1.82, 2.24) is 4.90 Å². The second-order valence-electron chi connectivity index (χ2n) is 7.74. The number of nitrogens with zero attached hydrogens (tertiary/aromatic N) is 1. The minimum atomic E-state index is -1.23. The Kier molecular flexibility index (Phi) is 8.66. The first-order valence-electron chi connectivity index (χ1n) is 9.83. The van der Waals surface area contributed by atoms with Crippen LogP contribution in [0.4, 0.5) is 5.69 Å². The van der Waals surface area contributed by atoms with Crippen LogP contribution in [0.25, 0.3) is 0 Å². The summed E-state index contributed by atoms with van der Waals surface area (Å²) in [6, 6.07) is 3.81. The molecular formula is C22H17Br4ClN2O5. The highest BCUT2D eigenvalue weighted by atomic mass is 79.9. The number of hydrogen-bond donors (Lipinski definition) is 1. The molecule has 0 fully saturated rings. The average Bonchev–Trinajstić information content (AvgIpc) is 3.03. The second kappa shape index (κ2) is 10.8. The first kappa shape index (κ1) is 27.3. The number of benzene rings is 2. The number of anilines is 1. The second-order valence-corrected chi connectivity index (χ2v) is 11.3. The van der Waals surface area contributed by atoms with E-state index < -0.39 is 42.3 Å². The van der Waals surface area contributed by atoms with E-state index in [9.17, 15) is 19.2 Å². The van der Waals surface area contributed by atoms with Crippen molar-refractivity contribution in [2.75, 3.05) is 11.9 Å². The third-order valence-electron chi connectivity index (χ3n) is 5.17. The predicted molar refractivity (Wildman–Crippen MR) is 142 cm³/mol. The molecule has 12 heteroatoms. The van der Waals surface area contributed by atoms with Crippen molar-refractivity contribution in [1.29, 1.82) is 0 Å². The van der Waals surface area contributed by atoms with E-state index in [1.165, 1.54) is 0 Å². The average molecular weight is 744 g/mol. The Morgan fingerprint density at radius 1 is 1.00 bits per heavy atom. The molecule has 1 aliphatic rings. The fourth-order valence-corrected chi connectivity index (χ4v) is 6.08. The Hall–Kier alpha value is -1.27. The quantitative estimate of drug-likeness (QED) is 0.158. The van der Waals surface area contributed by atoms with Gasteiger partial charge < -0.3 is 10.1 Å². The van der Waals surface area contributed by atoms with E-state index in [1.54, 1.807) is 39.0 Å². The van der Waals surface area contributed by atoms with Crippen molar-refractivity contribution >= 4 is 105 Å². The first-order chi connectivity index (χ1) is 15.9. The summed E-state index contributed by atoms with van der Waals surface area (Å²) in [5.41, 5.74) is 1.41. The Bertz CT molecular complexity index is 1190. The number of ether oxygens (including phenoxy) is 1. The summed E-state index contributed by atoms with van der Waals surface area (Å²) in [5, 5.41) is 3.11. The van der Waals surface area contributed by atoms with Crippen LogP contribution in [-0.4, -0.2) is 41.2 Å². The van der Waals surface area contributed by atoms with Gasteiger partial charge in [-0.05, 0) is 94.3 Å². The van der Waals surface area contributed by atoms with Crippen LogP contribution in [0, 0.1) is 12.8 Å². The maximum absolute atomic E-state index is 13.3. The molecule has 0 aromatic heterocycles. The normalized spacial score (nSPS) is 13.9. The molecule has 0 saturated carbocycles. The molecule has 0 saturated heterocycles. The summed E-state index contributed by atoms with van der Waals surface area (Å²) in [5.74, 6) is -3.21. The smallest absolute Gasteiger partial charge is 0.330 e. The van der Waals surface area contributed by atoms with Crippen molar-refractivity contribution in [3.8, 4) is 0 Å². The number of rotatable bonds is 6. The zero-order valence-corrected chi connectivity index (χ0v) is 25.1. The Morgan fingerprint density at radius 3 is 2.03 bits per heavy atom. The summed E-state index contributed by atoms with van der Waals surface area (Å²) in [7, 11) is 0. The monoisotopic (exact) mass is 740 g/mol. The summed E-state index contributed by atoms with van der Waals surface area (Å²) >= 11 is 19.5. The molecule has 180 valence electrons. The maximum Gasteiger partial charge on any atom is 0.330 e. The number of imide groups is 1. The molecule has 1 N–H and O–H groups in total. The first-order valence-corrected chi connectivity index (χ1v) is 13.4. The van der Waals surface area contributed by atoms with Gasteiger partial charge in [0.2, 0.25) is 0 Å². The van der Waals surface area contributed by atoms with Crippen LogP contribution in [0.1, 0.15) is 40.1 Å². The van der Waals surface area contributed by atoms with Crippen molar-refractivity contribution < 1.29 is 23.9 Å². The van der Waals surface area contributed by atoms with Gasteiger partial charge in [-0.3, -0.25) is 19.3 Å². The molecule has 2 aromatic rings. The number of hydrogen-bond acceptors (Lipinski definition) is 5. The molecule has 34 heavy (non-hydrogen) atoms. The highest BCUT2D eigenvalue weighted by molar-refractivity contribution is 9.15. The number of nitrogens with one attached hydrogen (secondary N) is 1. The molecule has 1 aliphatic heterocycles. The van der Waals surface area contributed by atoms with Gasteiger partial charge in [-0.15, -0.1) is 0 Å². The predicted octanol–water partition coefficient (Wildman–Crippen LogP) is 6.50. The van der Waals surface area contributed by atoms with E-state index in [1.807, 2.05) is 0 Å². The van der Waals surface area contributed by atoms with E-state index in [4.69, 9.17) is 16.3 Å². The Balaban J connectivity index is 1.81. The third-order valence-corrected chi connectivity index (χ3v) is 10.3. The fraction of sp³-hybridized carbons (Fsp3) is 0.273. The lowest BCUT2D eigenvalue weighted by Gasteiger charge is -2.27. The van der Waals surface area contributed by atoms with Gasteiger partial charge in [-0.1, -0.05) is 31.5 Å². The SMILES string of the molecule is Cc1c(Cl)cccc1NC(=O)COC(=O)[C@H](C(C)C)N1C(=O)c2c(Br)c(Br)c(Br)c(Br)c2C1=O. The van der Waals surface area contributed by atoms with E-state index in [-0.39, 0.29) is 11.1 Å². The van der Waals surface area contributed by atoms with Crippen molar-refractivity contribution in [3.05, 3.63) is 57.8 Å². The molecule has 3 rings (SSSR count). The van der Waals surface area contributed by atoms with Gasteiger partial charge in [-0.25, -0.2) is 4.79 Å². The molecule has 0 aliphatic carbocycles. The van der Waals surface area contributed by atoms with Crippen molar-refractivity contribution in [3.63, 3.8) is 0 Å². The van der Waals surface area contributed by atoms with Gasteiger partial charge in [0, 0.05) is 28.6 Å². The molecule has 1 heterocycles.